The van der Waals surface area contributed by atoms with Gasteiger partial charge in [0, 0.05) is 21.4 Å². The number of aryl methyl sites for hydroxylation is 3. The highest BCUT2D eigenvalue weighted by Gasteiger charge is 2.21. The average molecular weight is 420 g/mol. The molecule has 1 aliphatic rings. The van der Waals surface area contributed by atoms with Crippen LogP contribution >= 0.6 is 34.7 Å². The number of aromatic nitrogens is 2. The average Bonchev–Trinajstić information content (AvgIpc) is 3.23. The number of nitrogens with zero attached hydrogens (tertiary/aromatic N) is 2. The summed E-state index contributed by atoms with van der Waals surface area (Å²) in [7, 11) is 1.56. The van der Waals surface area contributed by atoms with Crippen LogP contribution in [0.15, 0.2) is 23.5 Å². The lowest BCUT2D eigenvalue weighted by molar-refractivity contribution is -0.113. The molecule has 2 aromatic heterocycles. The molecule has 140 valence electrons. The van der Waals surface area contributed by atoms with Crippen LogP contribution in [-0.4, -0.2) is 28.7 Å². The molecule has 5 nitrogen and oxygen atoms in total. The van der Waals surface area contributed by atoms with Crippen molar-refractivity contribution in [2.45, 2.75) is 31.2 Å². The van der Waals surface area contributed by atoms with E-state index < -0.39 is 0 Å². The molecule has 0 aliphatic heterocycles. The number of carbonyl (C=O) groups excluding carboxylic acids is 1. The number of thioether (sulfide) groups is 1. The Hall–Kier alpha value is -1.83. The Labute approximate surface area is 170 Å². The van der Waals surface area contributed by atoms with Crippen molar-refractivity contribution in [3.05, 3.63) is 39.5 Å². The molecule has 27 heavy (non-hydrogen) atoms. The molecule has 0 unspecified atom stereocenters. The Bertz CT molecular complexity index is 1040. The van der Waals surface area contributed by atoms with Gasteiger partial charge >= 0.3 is 0 Å². The fraction of sp³-hybridized carbons (Fsp3) is 0.316. The van der Waals surface area contributed by atoms with Gasteiger partial charge in [0.15, 0.2) is 0 Å². The van der Waals surface area contributed by atoms with E-state index >= 15 is 0 Å². The van der Waals surface area contributed by atoms with Gasteiger partial charge in [-0.05, 0) is 43.4 Å². The van der Waals surface area contributed by atoms with Crippen LogP contribution in [0.5, 0.6) is 5.75 Å². The van der Waals surface area contributed by atoms with Crippen molar-refractivity contribution < 1.29 is 9.53 Å². The summed E-state index contributed by atoms with van der Waals surface area (Å²) in [5.74, 6) is 0.698. The lowest BCUT2D eigenvalue weighted by Crippen LogP contribution is -2.15. The minimum absolute atomic E-state index is 0.112. The Balaban J connectivity index is 1.51. The molecule has 0 bridgehead atoms. The van der Waals surface area contributed by atoms with Gasteiger partial charge in [-0.2, -0.15) is 0 Å². The van der Waals surface area contributed by atoms with Gasteiger partial charge in [0.2, 0.25) is 5.91 Å². The first kappa shape index (κ1) is 18.5. The second-order valence-electron chi connectivity index (χ2n) is 6.35. The maximum Gasteiger partial charge on any atom is 0.234 e. The van der Waals surface area contributed by atoms with Crippen molar-refractivity contribution in [3.63, 3.8) is 0 Å². The van der Waals surface area contributed by atoms with Crippen LogP contribution in [0.4, 0.5) is 5.69 Å². The number of hydrogen-bond donors (Lipinski definition) is 1. The molecule has 0 radical (unpaired) electrons. The summed E-state index contributed by atoms with van der Waals surface area (Å²) < 4.78 is 5.32. The maximum absolute atomic E-state index is 12.5. The van der Waals surface area contributed by atoms with E-state index in [0.29, 0.717) is 16.5 Å². The van der Waals surface area contributed by atoms with Crippen LogP contribution in [0, 0.1) is 6.92 Å². The number of thiophene rings is 1. The van der Waals surface area contributed by atoms with E-state index in [4.69, 9.17) is 16.3 Å². The normalized spacial score (nSPS) is 13.0. The lowest BCUT2D eigenvalue weighted by atomic mass is 10.2. The van der Waals surface area contributed by atoms with Crippen LogP contribution in [0.25, 0.3) is 10.2 Å². The summed E-state index contributed by atoms with van der Waals surface area (Å²) in [4.78, 5) is 23.8. The number of rotatable bonds is 5. The molecule has 0 saturated carbocycles. The second kappa shape index (κ2) is 7.66. The highest BCUT2D eigenvalue weighted by Crippen LogP contribution is 2.40. The molecule has 4 rings (SSSR count). The van der Waals surface area contributed by atoms with Crippen molar-refractivity contribution >= 4 is 56.5 Å². The van der Waals surface area contributed by atoms with Gasteiger partial charge in [-0.25, -0.2) is 9.97 Å². The highest BCUT2D eigenvalue weighted by atomic mass is 35.5. The molecule has 1 aliphatic carbocycles. The first-order valence-corrected chi connectivity index (χ1v) is 10.8. The van der Waals surface area contributed by atoms with E-state index in [1.54, 1.807) is 30.8 Å². The number of nitrogens with one attached hydrogen (secondary N) is 1. The smallest absolute Gasteiger partial charge is 0.234 e. The number of hydrogen-bond acceptors (Lipinski definition) is 6. The Morgan fingerprint density at radius 2 is 2.22 bits per heavy atom. The molecule has 8 heteroatoms. The molecular formula is C19H18ClN3O2S2. The Morgan fingerprint density at radius 3 is 3.04 bits per heavy atom. The first-order chi connectivity index (χ1) is 13.1. The summed E-state index contributed by atoms with van der Waals surface area (Å²) in [5.41, 5.74) is 2.87. The number of halogens is 1. The van der Waals surface area contributed by atoms with Crippen molar-refractivity contribution in [3.8, 4) is 5.75 Å². The van der Waals surface area contributed by atoms with Crippen LogP contribution < -0.4 is 10.1 Å². The summed E-state index contributed by atoms with van der Waals surface area (Å²) in [5, 5.41) is 5.53. The quantitative estimate of drug-likeness (QED) is 0.471. The fourth-order valence-electron chi connectivity index (χ4n) is 3.26. The van der Waals surface area contributed by atoms with Gasteiger partial charge < -0.3 is 10.1 Å². The number of benzene rings is 1. The van der Waals surface area contributed by atoms with E-state index in [9.17, 15) is 4.79 Å². The fourth-order valence-corrected chi connectivity index (χ4v) is 5.53. The molecule has 0 atom stereocenters. The van der Waals surface area contributed by atoms with Crippen molar-refractivity contribution in [1.82, 2.24) is 9.97 Å². The molecule has 1 amide bonds. The first-order valence-electron chi connectivity index (χ1n) is 8.59. The molecule has 2 heterocycles. The van der Waals surface area contributed by atoms with Crippen LogP contribution in [0.3, 0.4) is 0 Å². The van der Waals surface area contributed by atoms with E-state index in [0.717, 1.165) is 33.6 Å². The van der Waals surface area contributed by atoms with Crippen LogP contribution in [0.2, 0.25) is 5.02 Å². The number of amides is 1. The molecule has 0 spiro atoms. The summed E-state index contributed by atoms with van der Waals surface area (Å²) in [6.07, 6.45) is 4.96. The third-order valence-electron chi connectivity index (χ3n) is 4.56. The van der Waals surface area contributed by atoms with Gasteiger partial charge in [0.1, 0.15) is 21.9 Å². The van der Waals surface area contributed by atoms with Crippen molar-refractivity contribution in [1.29, 1.82) is 0 Å². The molecule has 1 N–H and O–H groups in total. The maximum atomic E-state index is 12.5. The van der Waals surface area contributed by atoms with E-state index in [-0.39, 0.29) is 11.7 Å². The highest BCUT2D eigenvalue weighted by molar-refractivity contribution is 8.00. The SMILES string of the molecule is COc1cc(Cl)c(C)cc1NC(=O)CSc1ncnc2sc3c(c12)CCC3. The van der Waals surface area contributed by atoms with Gasteiger partial charge in [0.05, 0.1) is 18.6 Å². The number of carbonyl (C=O) groups is 1. The third kappa shape index (κ3) is 3.63. The van der Waals surface area contributed by atoms with Gasteiger partial charge in [-0.3, -0.25) is 4.79 Å². The zero-order valence-electron chi connectivity index (χ0n) is 15.0. The molecule has 1 aromatic carbocycles. The summed E-state index contributed by atoms with van der Waals surface area (Å²) in [6.45, 7) is 1.89. The molecule has 0 fully saturated rings. The summed E-state index contributed by atoms with van der Waals surface area (Å²) in [6, 6.07) is 3.53. The number of anilines is 1. The van der Waals surface area contributed by atoms with E-state index in [1.165, 1.54) is 28.6 Å². The molecule has 3 aromatic rings. The third-order valence-corrected chi connectivity index (χ3v) is 7.16. The van der Waals surface area contributed by atoms with Crippen LogP contribution in [-0.2, 0) is 17.6 Å². The number of methoxy groups -OCH3 is 1. The van der Waals surface area contributed by atoms with Crippen molar-refractivity contribution in [2.24, 2.45) is 0 Å². The zero-order chi connectivity index (χ0) is 19.0. The van der Waals surface area contributed by atoms with Gasteiger partial charge in [0.25, 0.3) is 0 Å². The number of fused-ring (bicyclic) bond motifs is 3. The minimum atomic E-state index is -0.112. The minimum Gasteiger partial charge on any atom is -0.495 e. The standard InChI is InChI=1S/C19H18ClN3O2S2/c1-10-6-13(14(25-2)7-12(10)20)23-16(24)8-26-18-17-11-4-3-5-15(11)27-19(17)22-9-21-18/h6-7,9H,3-5,8H2,1-2H3,(H,23,24). The largest absolute Gasteiger partial charge is 0.495 e. The monoisotopic (exact) mass is 419 g/mol. The summed E-state index contributed by atoms with van der Waals surface area (Å²) >= 11 is 9.32. The predicted molar refractivity (Wildman–Crippen MR) is 112 cm³/mol. The molecule has 0 saturated heterocycles. The lowest BCUT2D eigenvalue weighted by Gasteiger charge is -2.12. The predicted octanol–water partition coefficient (Wildman–Crippen LogP) is 4.88. The van der Waals surface area contributed by atoms with Gasteiger partial charge in [-0.1, -0.05) is 23.4 Å². The topological polar surface area (TPSA) is 64.1 Å². The number of ether oxygens (including phenoxy) is 1. The van der Waals surface area contributed by atoms with E-state index in [1.807, 2.05) is 13.0 Å². The van der Waals surface area contributed by atoms with E-state index in [2.05, 4.69) is 15.3 Å². The zero-order valence-corrected chi connectivity index (χ0v) is 17.4. The second-order valence-corrected chi connectivity index (χ2v) is 8.81. The Morgan fingerprint density at radius 1 is 1.37 bits per heavy atom. The van der Waals surface area contributed by atoms with Gasteiger partial charge in [-0.15, -0.1) is 11.3 Å². The molecular weight excluding hydrogens is 402 g/mol. The Kier molecular flexibility index (Phi) is 5.25. The van der Waals surface area contributed by atoms with Crippen LogP contribution in [0.1, 0.15) is 22.4 Å². The van der Waals surface area contributed by atoms with Crippen molar-refractivity contribution in [2.75, 3.05) is 18.2 Å².